The summed E-state index contributed by atoms with van der Waals surface area (Å²) in [5.41, 5.74) is -0.653. The van der Waals surface area contributed by atoms with E-state index >= 15 is 0 Å². The van der Waals surface area contributed by atoms with Gasteiger partial charge < -0.3 is 19.3 Å². The number of hydrogen-bond acceptors (Lipinski definition) is 5. The van der Waals surface area contributed by atoms with Gasteiger partial charge in [-0.2, -0.15) is 13.2 Å². The van der Waals surface area contributed by atoms with E-state index < -0.39 is 17.8 Å². The highest BCUT2D eigenvalue weighted by Gasteiger charge is 2.38. The third kappa shape index (κ3) is 5.87. The minimum absolute atomic E-state index is 0.000824. The molecule has 1 amide bonds. The van der Waals surface area contributed by atoms with E-state index in [1.807, 2.05) is 18.2 Å². The van der Waals surface area contributed by atoms with E-state index in [-0.39, 0.29) is 54.4 Å². The number of alkyl halides is 3. The average Bonchev–Trinajstić information content (AvgIpc) is 2.87. The molecule has 2 aromatic carbocycles. The molecule has 1 atom stereocenters. The highest BCUT2D eigenvalue weighted by molar-refractivity contribution is 9.10. The lowest BCUT2D eigenvalue weighted by atomic mass is 10.1. The number of pyridine rings is 1. The van der Waals surface area contributed by atoms with E-state index in [1.165, 1.54) is 19.2 Å². The molecule has 0 bridgehead atoms. The molecule has 3 aromatic rings. The second-order valence-corrected chi connectivity index (χ2v) is 9.36. The molecule has 36 heavy (non-hydrogen) atoms. The molecule has 1 aliphatic heterocycles. The summed E-state index contributed by atoms with van der Waals surface area (Å²) in [6.07, 6.45) is -4.58. The van der Waals surface area contributed by atoms with Crippen molar-refractivity contribution >= 4 is 39.1 Å². The van der Waals surface area contributed by atoms with E-state index in [0.29, 0.717) is 10.2 Å². The Morgan fingerprint density at radius 2 is 1.89 bits per heavy atom. The summed E-state index contributed by atoms with van der Waals surface area (Å²) < 4.78 is 53.1. The van der Waals surface area contributed by atoms with Crippen molar-refractivity contribution in [3.63, 3.8) is 0 Å². The van der Waals surface area contributed by atoms with E-state index in [4.69, 9.17) is 21.1 Å². The maximum atomic E-state index is 13.8. The molecule has 2 heterocycles. The van der Waals surface area contributed by atoms with Crippen LogP contribution in [0.4, 0.5) is 18.9 Å². The van der Waals surface area contributed by atoms with Crippen molar-refractivity contribution in [3.8, 4) is 11.6 Å². The van der Waals surface area contributed by atoms with E-state index in [1.54, 1.807) is 34.1 Å². The van der Waals surface area contributed by atoms with Gasteiger partial charge in [-0.05, 0) is 58.4 Å². The number of piperazine rings is 1. The fourth-order valence-corrected chi connectivity index (χ4v) is 4.59. The van der Waals surface area contributed by atoms with Crippen molar-refractivity contribution in [2.24, 2.45) is 0 Å². The SMILES string of the molecule is COc1nc(C(=O)N2CCN(c3ccc(Cl)cc3C(F)(F)F)CC2COc2ccccc2)ccc1Br. The molecule has 190 valence electrons. The second-order valence-electron chi connectivity index (χ2n) is 8.07. The summed E-state index contributed by atoms with van der Waals surface area (Å²) in [5.74, 6) is 0.481. The first-order valence-corrected chi connectivity index (χ1v) is 12.2. The molecule has 6 nitrogen and oxygen atoms in total. The summed E-state index contributed by atoms with van der Waals surface area (Å²) in [7, 11) is 1.45. The van der Waals surface area contributed by atoms with Crippen LogP contribution in [-0.2, 0) is 6.18 Å². The van der Waals surface area contributed by atoms with E-state index in [9.17, 15) is 18.0 Å². The zero-order chi connectivity index (χ0) is 25.9. The van der Waals surface area contributed by atoms with Crippen LogP contribution in [0.5, 0.6) is 11.6 Å². The number of anilines is 1. The van der Waals surface area contributed by atoms with Gasteiger partial charge in [0.15, 0.2) is 0 Å². The molecular formula is C25H22BrClF3N3O3. The molecule has 1 unspecified atom stereocenters. The Hall–Kier alpha value is -2.98. The van der Waals surface area contributed by atoms with Gasteiger partial charge >= 0.3 is 6.18 Å². The van der Waals surface area contributed by atoms with Gasteiger partial charge in [0, 0.05) is 30.3 Å². The number of nitrogens with zero attached hydrogens (tertiary/aromatic N) is 3. The van der Waals surface area contributed by atoms with Crippen molar-refractivity contribution < 1.29 is 27.4 Å². The number of carbonyl (C=O) groups is 1. The van der Waals surface area contributed by atoms with Crippen LogP contribution in [0.3, 0.4) is 0 Å². The van der Waals surface area contributed by atoms with Crippen molar-refractivity contribution in [2.75, 3.05) is 38.3 Å². The maximum absolute atomic E-state index is 13.8. The van der Waals surface area contributed by atoms with Crippen molar-refractivity contribution in [2.45, 2.75) is 12.2 Å². The summed E-state index contributed by atoms with van der Waals surface area (Å²) in [6, 6.07) is 15.4. The third-order valence-electron chi connectivity index (χ3n) is 5.76. The average molecular weight is 585 g/mol. The summed E-state index contributed by atoms with van der Waals surface area (Å²) >= 11 is 9.18. The van der Waals surface area contributed by atoms with Gasteiger partial charge in [0.05, 0.1) is 23.2 Å². The Balaban J connectivity index is 1.63. The molecule has 1 saturated heterocycles. The lowest BCUT2D eigenvalue weighted by Crippen LogP contribution is -2.57. The predicted molar refractivity (Wildman–Crippen MR) is 134 cm³/mol. The molecule has 1 aliphatic rings. The van der Waals surface area contributed by atoms with Gasteiger partial charge in [0.2, 0.25) is 5.88 Å². The molecule has 1 fully saturated rings. The highest BCUT2D eigenvalue weighted by atomic mass is 79.9. The zero-order valence-corrected chi connectivity index (χ0v) is 21.5. The lowest BCUT2D eigenvalue weighted by molar-refractivity contribution is -0.137. The van der Waals surface area contributed by atoms with Crippen molar-refractivity contribution in [1.82, 2.24) is 9.88 Å². The largest absolute Gasteiger partial charge is 0.491 e. The number of aromatic nitrogens is 1. The molecule has 0 radical (unpaired) electrons. The van der Waals surface area contributed by atoms with Gasteiger partial charge in [-0.3, -0.25) is 4.79 Å². The fourth-order valence-electron chi connectivity index (χ4n) is 4.04. The van der Waals surface area contributed by atoms with Crippen LogP contribution in [0.2, 0.25) is 5.02 Å². The first kappa shape index (κ1) is 26.1. The van der Waals surface area contributed by atoms with Gasteiger partial charge in [-0.1, -0.05) is 29.8 Å². The normalized spacial score (nSPS) is 16.1. The minimum atomic E-state index is -4.58. The Morgan fingerprint density at radius 3 is 2.58 bits per heavy atom. The molecule has 0 spiro atoms. The summed E-state index contributed by atoms with van der Waals surface area (Å²) in [6.45, 7) is 0.555. The van der Waals surface area contributed by atoms with Crippen LogP contribution >= 0.6 is 27.5 Å². The van der Waals surface area contributed by atoms with Gasteiger partial charge in [-0.25, -0.2) is 4.98 Å². The smallest absolute Gasteiger partial charge is 0.418 e. The summed E-state index contributed by atoms with van der Waals surface area (Å²) in [4.78, 5) is 20.9. The van der Waals surface area contributed by atoms with Gasteiger partial charge in [0.25, 0.3) is 5.91 Å². The molecule has 0 saturated carbocycles. The van der Waals surface area contributed by atoms with Gasteiger partial charge in [-0.15, -0.1) is 0 Å². The van der Waals surface area contributed by atoms with Crippen molar-refractivity contribution in [1.29, 1.82) is 0 Å². The highest BCUT2D eigenvalue weighted by Crippen LogP contribution is 2.39. The topological polar surface area (TPSA) is 54.9 Å². The molecular weight excluding hydrogens is 563 g/mol. The first-order valence-electron chi connectivity index (χ1n) is 11.0. The monoisotopic (exact) mass is 583 g/mol. The zero-order valence-electron chi connectivity index (χ0n) is 19.1. The van der Waals surface area contributed by atoms with E-state index in [0.717, 1.165) is 6.07 Å². The van der Waals surface area contributed by atoms with Crippen LogP contribution in [0.1, 0.15) is 16.1 Å². The van der Waals surface area contributed by atoms with Crippen molar-refractivity contribution in [3.05, 3.63) is 81.4 Å². The molecule has 1 aromatic heterocycles. The summed E-state index contributed by atoms with van der Waals surface area (Å²) in [5, 5.41) is -0.000824. The fraction of sp³-hybridized carbons (Fsp3) is 0.280. The quantitative estimate of drug-likeness (QED) is 0.359. The maximum Gasteiger partial charge on any atom is 0.418 e. The standard InChI is InChI=1S/C25H22BrClF3N3O3/c1-35-23-20(26)8-9-21(31-23)24(34)33-12-11-32(14-17(33)15-36-18-5-3-2-4-6-18)22-10-7-16(27)13-19(22)25(28,29)30/h2-10,13,17H,11-12,14-15H2,1H3. The Morgan fingerprint density at radius 1 is 1.14 bits per heavy atom. The lowest BCUT2D eigenvalue weighted by Gasteiger charge is -2.42. The second kappa shape index (κ2) is 11.0. The minimum Gasteiger partial charge on any atom is -0.491 e. The molecule has 0 N–H and O–H groups in total. The van der Waals surface area contributed by atoms with Crippen LogP contribution < -0.4 is 14.4 Å². The number of ether oxygens (including phenoxy) is 2. The number of rotatable bonds is 6. The Labute approximate surface area is 219 Å². The van der Waals surface area contributed by atoms with Crippen LogP contribution in [0.15, 0.2) is 65.1 Å². The predicted octanol–water partition coefficient (Wildman–Crippen LogP) is 5.93. The number of halogens is 5. The Bertz CT molecular complexity index is 1230. The van der Waals surface area contributed by atoms with Crippen LogP contribution in [0, 0.1) is 0 Å². The Kier molecular flexibility index (Phi) is 7.94. The number of para-hydroxylation sites is 1. The van der Waals surface area contributed by atoms with Gasteiger partial charge in [0.1, 0.15) is 18.1 Å². The molecule has 0 aliphatic carbocycles. The van der Waals surface area contributed by atoms with Crippen LogP contribution in [-0.4, -0.2) is 55.2 Å². The number of hydrogen-bond donors (Lipinski definition) is 0. The van der Waals surface area contributed by atoms with Crippen LogP contribution in [0.25, 0.3) is 0 Å². The van der Waals surface area contributed by atoms with E-state index in [2.05, 4.69) is 20.9 Å². The molecule has 4 rings (SSSR count). The molecule has 11 heteroatoms. The first-order chi connectivity index (χ1) is 17.2. The number of methoxy groups -OCH3 is 1. The third-order valence-corrected chi connectivity index (χ3v) is 6.60. The number of amides is 1. The number of carbonyl (C=O) groups excluding carboxylic acids is 1. The number of benzene rings is 2.